The van der Waals surface area contributed by atoms with Crippen LogP contribution in [0.5, 0.6) is 0 Å². The van der Waals surface area contributed by atoms with Crippen LogP contribution in [0.15, 0.2) is 0 Å². The molecule has 0 aromatic rings. The quantitative estimate of drug-likeness (QED) is 0.828. The summed E-state index contributed by atoms with van der Waals surface area (Å²) in [5, 5.41) is 8.79. The van der Waals surface area contributed by atoms with Crippen molar-refractivity contribution in [3.63, 3.8) is 0 Å². The summed E-state index contributed by atoms with van der Waals surface area (Å²) in [5.74, 6) is -4.61. The lowest BCUT2D eigenvalue weighted by Gasteiger charge is -2.29. The second-order valence-corrected chi connectivity index (χ2v) is 4.25. The third-order valence-corrected chi connectivity index (χ3v) is 2.83. The highest BCUT2D eigenvalue weighted by molar-refractivity contribution is 5.85. The molecule has 1 N–H and O–H groups in total. The number of nitrogens with zero attached hydrogens (tertiary/aromatic N) is 1. The molecule has 1 saturated carbocycles. The number of carboxylic acids is 1. The Balaban J connectivity index is 2.85. The fourth-order valence-electron chi connectivity index (χ4n) is 1.52. The van der Waals surface area contributed by atoms with E-state index in [9.17, 15) is 22.8 Å². The molecule has 0 aromatic carbocycles. The number of alkyl halides is 3. The Morgan fingerprint density at radius 1 is 1.29 bits per heavy atom. The minimum absolute atomic E-state index is 0.363. The SMILES string of the molecule is CC(C(=O)O)N(C(=O)C(C)C(F)(F)F)C1CC1. The van der Waals surface area contributed by atoms with E-state index in [0.717, 1.165) is 11.8 Å². The molecule has 0 radical (unpaired) electrons. The van der Waals surface area contributed by atoms with Gasteiger partial charge in [-0.05, 0) is 26.7 Å². The number of amides is 1. The van der Waals surface area contributed by atoms with Gasteiger partial charge in [0.15, 0.2) is 0 Å². The molecule has 2 atom stereocenters. The van der Waals surface area contributed by atoms with Crippen LogP contribution in [0.4, 0.5) is 13.2 Å². The first-order chi connectivity index (χ1) is 7.66. The maximum Gasteiger partial charge on any atom is 0.400 e. The molecule has 0 heterocycles. The molecule has 0 aliphatic heterocycles. The zero-order valence-corrected chi connectivity index (χ0v) is 9.49. The van der Waals surface area contributed by atoms with Gasteiger partial charge in [0.25, 0.3) is 0 Å². The average molecular weight is 253 g/mol. The second-order valence-electron chi connectivity index (χ2n) is 4.25. The fraction of sp³-hybridized carbons (Fsp3) is 0.800. The van der Waals surface area contributed by atoms with Crippen molar-refractivity contribution in [2.24, 2.45) is 5.92 Å². The minimum Gasteiger partial charge on any atom is -0.480 e. The van der Waals surface area contributed by atoms with E-state index in [4.69, 9.17) is 5.11 Å². The van der Waals surface area contributed by atoms with Gasteiger partial charge in [0.05, 0.1) is 0 Å². The van der Waals surface area contributed by atoms with Crippen LogP contribution in [-0.2, 0) is 9.59 Å². The van der Waals surface area contributed by atoms with Crippen molar-refractivity contribution in [1.29, 1.82) is 0 Å². The lowest BCUT2D eigenvalue weighted by atomic mass is 10.1. The molecule has 98 valence electrons. The minimum atomic E-state index is -4.64. The molecule has 1 aliphatic carbocycles. The number of carboxylic acid groups (broad SMARTS) is 1. The van der Waals surface area contributed by atoms with Crippen LogP contribution >= 0.6 is 0 Å². The van der Waals surface area contributed by atoms with Gasteiger partial charge in [-0.25, -0.2) is 4.79 Å². The number of carbonyl (C=O) groups excluding carboxylic acids is 1. The molecule has 0 saturated heterocycles. The van der Waals surface area contributed by atoms with Crippen LogP contribution in [0.25, 0.3) is 0 Å². The van der Waals surface area contributed by atoms with Crippen molar-refractivity contribution in [3.8, 4) is 0 Å². The van der Waals surface area contributed by atoms with Gasteiger partial charge in [-0.3, -0.25) is 4.79 Å². The molecule has 17 heavy (non-hydrogen) atoms. The van der Waals surface area contributed by atoms with E-state index in [2.05, 4.69) is 0 Å². The number of rotatable bonds is 4. The standard InChI is InChI=1S/C10H14F3NO3/c1-5(10(11,12)13)8(15)14(7-3-4-7)6(2)9(16)17/h5-7H,3-4H2,1-2H3,(H,16,17). The smallest absolute Gasteiger partial charge is 0.400 e. The van der Waals surface area contributed by atoms with E-state index in [1.165, 1.54) is 6.92 Å². The lowest BCUT2D eigenvalue weighted by molar-refractivity contribution is -0.188. The van der Waals surface area contributed by atoms with Crippen LogP contribution < -0.4 is 0 Å². The van der Waals surface area contributed by atoms with Crippen LogP contribution in [0.3, 0.4) is 0 Å². The average Bonchev–Trinajstić information content (AvgIpc) is 2.99. The normalized spacial score (nSPS) is 19.6. The zero-order chi connectivity index (χ0) is 13.4. The summed E-state index contributed by atoms with van der Waals surface area (Å²) in [5.41, 5.74) is 0. The Morgan fingerprint density at radius 2 is 1.76 bits per heavy atom. The Morgan fingerprint density at radius 3 is 2.06 bits per heavy atom. The fourth-order valence-corrected chi connectivity index (χ4v) is 1.52. The highest BCUT2D eigenvalue weighted by atomic mass is 19.4. The van der Waals surface area contributed by atoms with E-state index >= 15 is 0 Å². The Labute approximate surface area is 96.4 Å². The molecule has 7 heteroatoms. The molecular weight excluding hydrogens is 239 g/mol. The van der Waals surface area contributed by atoms with Gasteiger partial charge in [0, 0.05) is 6.04 Å². The molecule has 0 bridgehead atoms. The van der Waals surface area contributed by atoms with Crippen molar-refractivity contribution < 1.29 is 27.9 Å². The summed E-state index contributed by atoms with van der Waals surface area (Å²) >= 11 is 0. The topological polar surface area (TPSA) is 57.6 Å². The first-order valence-corrected chi connectivity index (χ1v) is 5.28. The third kappa shape index (κ3) is 3.10. The number of hydrogen-bond acceptors (Lipinski definition) is 2. The maximum atomic E-state index is 12.4. The van der Waals surface area contributed by atoms with E-state index in [-0.39, 0.29) is 6.04 Å². The largest absolute Gasteiger partial charge is 0.480 e. The van der Waals surface area contributed by atoms with Crippen molar-refractivity contribution >= 4 is 11.9 Å². The summed E-state index contributed by atoms with van der Waals surface area (Å²) in [6, 6.07) is -1.58. The van der Waals surface area contributed by atoms with Crippen LogP contribution in [0, 0.1) is 5.92 Å². The van der Waals surface area contributed by atoms with E-state index in [0.29, 0.717) is 12.8 Å². The van der Waals surface area contributed by atoms with Gasteiger partial charge in [0.1, 0.15) is 12.0 Å². The number of carbonyl (C=O) groups is 2. The summed E-state index contributed by atoms with van der Waals surface area (Å²) in [6.45, 7) is 1.98. The summed E-state index contributed by atoms with van der Waals surface area (Å²) < 4.78 is 37.2. The van der Waals surface area contributed by atoms with Crippen molar-refractivity contribution in [2.75, 3.05) is 0 Å². The molecule has 1 fully saturated rings. The predicted molar refractivity (Wildman–Crippen MR) is 52.2 cm³/mol. The van der Waals surface area contributed by atoms with E-state index in [1.807, 2.05) is 0 Å². The summed E-state index contributed by atoms with van der Waals surface area (Å²) in [6.07, 6.45) is -3.51. The molecule has 1 aliphatic rings. The first kappa shape index (κ1) is 13.8. The predicted octanol–water partition coefficient (Wildman–Crippen LogP) is 1.65. The van der Waals surface area contributed by atoms with E-state index in [1.54, 1.807) is 0 Å². The number of aliphatic carboxylic acids is 1. The second kappa shape index (κ2) is 4.54. The third-order valence-electron chi connectivity index (χ3n) is 2.83. The summed E-state index contributed by atoms with van der Waals surface area (Å²) in [7, 11) is 0. The molecule has 1 rings (SSSR count). The van der Waals surface area contributed by atoms with E-state index < -0.39 is 30.0 Å². The molecule has 0 aromatic heterocycles. The molecule has 0 spiro atoms. The number of hydrogen-bond donors (Lipinski definition) is 1. The first-order valence-electron chi connectivity index (χ1n) is 5.28. The highest BCUT2D eigenvalue weighted by Crippen LogP contribution is 2.34. The van der Waals surface area contributed by atoms with Crippen LogP contribution in [0.1, 0.15) is 26.7 Å². The Kier molecular flexibility index (Phi) is 3.68. The molecule has 2 unspecified atom stereocenters. The number of halogens is 3. The van der Waals surface area contributed by atoms with Crippen molar-refractivity contribution in [1.82, 2.24) is 4.90 Å². The van der Waals surface area contributed by atoms with Gasteiger partial charge in [-0.1, -0.05) is 0 Å². The lowest BCUT2D eigenvalue weighted by Crippen LogP contribution is -2.49. The van der Waals surface area contributed by atoms with Gasteiger partial charge in [0.2, 0.25) is 5.91 Å². The highest BCUT2D eigenvalue weighted by Gasteiger charge is 2.48. The zero-order valence-electron chi connectivity index (χ0n) is 9.49. The van der Waals surface area contributed by atoms with Crippen LogP contribution in [-0.4, -0.2) is 40.1 Å². The Hall–Kier alpha value is -1.27. The van der Waals surface area contributed by atoms with Gasteiger partial charge >= 0.3 is 12.1 Å². The van der Waals surface area contributed by atoms with Crippen molar-refractivity contribution in [2.45, 2.75) is 44.9 Å². The molecule has 4 nitrogen and oxygen atoms in total. The monoisotopic (exact) mass is 253 g/mol. The summed E-state index contributed by atoms with van der Waals surface area (Å²) in [4.78, 5) is 23.3. The van der Waals surface area contributed by atoms with Gasteiger partial charge in [-0.15, -0.1) is 0 Å². The molecule has 1 amide bonds. The van der Waals surface area contributed by atoms with Crippen molar-refractivity contribution in [3.05, 3.63) is 0 Å². The molecular formula is C10H14F3NO3. The van der Waals surface area contributed by atoms with Gasteiger partial charge in [-0.2, -0.15) is 13.2 Å². The Bertz CT molecular complexity index is 325. The maximum absolute atomic E-state index is 12.4. The van der Waals surface area contributed by atoms with Gasteiger partial charge < -0.3 is 10.0 Å². The van der Waals surface area contributed by atoms with Crippen LogP contribution in [0.2, 0.25) is 0 Å².